The van der Waals surface area contributed by atoms with E-state index in [1.54, 1.807) is 10.7 Å². The van der Waals surface area contributed by atoms with Crippen LogP contribution in [0.3, 0.4) is 0 Å². The summed E-state index contributed by atoms with van der Waals surface area (Å²) in [6.07, 6.45) is 6.17. The Kier molecular flexibility index (Phi) is 4.30. The lowest BCUT2D eigenvalue weighted by molar-refractivity contribution is 0.578. The molecule has 0 aliphatic heterocycles. The average Bonchev–Trinajstić information content (AvgIpc) is 3.00. The van der Waals surface area contributed by atoms with Crippen molar-refractivity contribution in [2.24, 2.45) is 0 Å². The van der Waals surface area contributed by atoms with Crippen molar-refractivity contribution < 1.29 is 12.8 Å². The summed E-state index contributed by atoms with van der Waals surface area (Å²) >= 11 is 0. The van der Waals surface area contributed by atoms with Crippen LogP contribution in [0, 0.1) is 5.82 Å². The molecule has 0 unspecified atom stereocenters. The van der Waals surface area contributed by atoms with E-state index in [9.17, 15) is 12.8 Å². The molecular formula is C14H14FN5O2S. The molecule has 0 spiro atoms. The van der Waals surface area contributed by atoms with Crippen molar-refractivity contribution in [1.82, 2.24) is 24.3 Å². The summed E-state index contributed by atoms with van der Waals surface area (Å²) in [5.41, 5.74) is 0.934. The molecule has 9 heteroatoms. The third-order valence-electron chi connectivity index (χ3n) is 3.25. The van der Waals surface area contributed by atoms with E-state index >= 15 is 0 Å². The van der Waals surface area contributed by atoms with Crippen molar-refractivity contribution >= 4 is 15.8 Å². The molecule has 3 rings (SSSR count). The minimum atomic E-state index is -3.62. The SMILES string of the molecule is O=S(=O)(NCCCc1cnc2ncnn2c1)c1ccc(F)cc1. The molecule has 120 valence electrons. The summed E-state index contributed by atoms with van der Waals surface area (Å²) in [6, 6.07) is 4.71. The van der Waals surface area contributed by atoms with E-state index in [1.807, 2.05) is 6.20 Å². The predicted octanol–water partition coefficient (Wildman–Crippen LogP) is 1.17. The highest BCUT2D eigenvalue weighted by molar-refractivity contribution is 7.89. The summed E-state index contributed by atoms with van der Waals surface area (Å²) in [7, 11) is -3.62. The standard InChI is InChI=1S/C14H14FN5O2S/c15-12-3-5-13(6-4-12)23(21,22)19-7-1-2-11-8-16-14-17-10-18-20(14)9-11/h3-6,8-10,19H,1-2,7H2. The van der Waals surface area contributed by atoms with Gasteiger partial charge in [-0.25, -0.2) is 27.0 Å². The molecule has 3 aromatic rings. The minimum Gasteiger partial charge on any atom is -0.219 e. The van der Waals surface area contributed by atoms with E-state index in [0.29, 0.717) is 18.6 Å². The Bertz CT molecular complexity index is 908. The maximum Gasteiger partial charge on any atom is 0.252 e. The van der Waals surface area contributed by atoms with Gasteiger partial charge in [-0.15, -0.1) is 0 Å². The Hall–Kier alpha value is -2.39. The van der Waals surface area contributed by atoms with Gasteiger partial charge in [-0.1, -0.05) is 0 Å². The number of hydrogen-bond donors (Lipinski definition) is 1. The maximum atomic E-state index is 12.8. The first kappa shape index (κ1) is 15.5. The molecule has 0 aliphatic rings. The van der Waals surface area contributed by atoms with E-state index < -0.39 is 15.8 Å². The zero-order valence-electron chi connectivity index (χ0n) is 12.1. The van der Waals surface area contributed by atoms with Crippen LogP contribution in [-0.2, 0) is 16.4 Å². The molecule has 0 amide bonds. The summed E-state index contributed by atoms with van der Waals surface area (Å²) in [6.45, 7) is 0.273. The second-order valence-electron chi connectivity index (χ2n) is 4.92. The average molecular weight is 335 g/mol. The molecule has 0 aliphatic carbocycles. The molecule has 1 N–H and O–H groups in total. The van der Waals surface area contributed by atoms with Gasteiger partial charge in [-0.3, -0.25) is 0 Å². The second kappa shape index (κ2) is 6.39. The topological polar surface area (TPSA) is 89.2 Å². The molecule has 23 heavy (non-hydrogen) atoms. The Labute approximate surface area is 132 Å². The van der Waals surface area contributed by atoms with E-state index in [2.05, 4.69) is 19.8 Å². The van der Waals surface area contributed by atoms with Gasteiger partial charge < -0.3 is 0 Å². The maximum absolute atomic E-state index is 12.8. The number of nitrogens with zero attached hydrogens (tertiary/aromatic N) is 4. The molecule has 0 fully saturated rings. The Morgan fingerprint density at radius 3 is 2.74 bits per heavy atom. The quantitative estimate of drug-likeness (QED) is 0.683. The fourth-order valence-corrected chi connectivity index (χ4v) is 3.16. The fourth-order valence-electron chi connectivity index (χ4n) is 2.08. The molecule has 2 aromatic heterocycles. The molecule has 1 aromatic carbocycles. The van der Waals surface area contributed by atoms with Crippen LogP contribution in [0.2, 0.25) is 0 Å². The normalized spacial score (nSPS) is 11.9. The first-order valence-electron chi connectivity index (χ1n) is 6.94. The number of nitrogens with one attached hydrogen (secondary N) is 1. The fraction of sp³-hybridized carbons (Fsp3) is 0.214. The number of halogens is 1. The Balaban J connectivity index is 1.55. The van der Waals surface area contributed by atoms with Crippen LogP contribution >= 0.6 is 0 Å². The summed E-state index contributed by atoms with van der Waals surface area (Å²) in [4.78, 5) is 8.14. The number of rotatable bonds is 6. The van der Waals surface area contributed by atoms with Gasteiger partial charge in [-0.2, -0.15) is 10.1 Å². The monoisotopic (exact) mass is 335 g/mol. The highest BCUT2D eigenvalue weighted by Gasteiger charge is 2.13. The summed E-state index contributed by atoms with van der Waals surface area (Å²) < 4.78 is 40.9. The highest BCUT2D eigenvalue weighted by atomic mass is 32.2. The molecule has 0 saturated heterocycles. The number of fused-ring (bicyclic) bond motifs is 1. The minimum absolute atomic E-state index is 0.0459. The predicted molar refractivity (Wildman–Crippen MR) is 80.7 cm³/mol. The number of sulfonamides is 1. The molecule has 0 bridgehead atoms. The Morgan fingerprint density at radius 2 is 1.96 bits per heavy atom. The van der Waals surface area contributed by atoms with Crippen molar-refractivity contribution in [1.29, 1.82) is 0 Å². The van der Waals surface area contributed by atoms with E-state index in [0.717, 1.165) is 17.7 Å². The van der Waals surface area contributed by atoms with Gasteiger partial charge in [0, 0.05) is 18.9 Å². The first-order chi connectivity index (χ1) is 11.0. The second-order valence-corrected chi connectivity index (χ2v) is 6.69. The lowest BCUT2D eigenvalue weighted by Gasteiger charge is -2.06. The first-order valence-corrected chi connectivity index (χ1v) is 8.42. The van der Waals surface area contributed by atoms with E-state index in [4.69, 9.17) is 0 Å². The van der Waals surface area contributed by atoms with Crippen LogP contribution in [0.1, 0.15) is 12.0 Å². The van der Waals surface area contributed by atoms with Crippen LogP contribution in [0.4, 0.5) is 4.39 Å². The summed E-state index contributed by atoms with van der Waals surface area (Å²) in [5, 5.41) is 3.99. The van der Waals surface area contributed by atoms with Crippen molar-refractivity contribution in [3.05, 3.63) is 54.4 Å². The number of aromatic nitrogens is 4. The van der Waals surface area contributed by atoms with Crippen LogP contribution in [0.15, 0.2) is 47.9 Å². The van der Waals surface area contributed by atoms with Crippen LogP contribution < -0.4 is 4.72 Å². The number of hydrogen-bond acceptors (Lipinski definition) is 5. The zero-order valence-corrected chi connectivity index (χ0v) is 12.9. The Morgan fingerprint density at radius 1 is 1.17 bits per heavy atom. The molecule has 0 radical (unpaired) electrons. The van der Waals surface area contributed by atoms with Gasteiger partial charge in [0.15, 0.2) is 0 Å². The molecule has 0 saturated carbocycles. The third-order valence-corrected chi connectivity index (χ3v) is 4.72. The molecular weight excluding hydrogens is 321 g/mol. The van der Waals surface area contributed by atoms with Crippen LogP contribution in [0.5, 0.6) is 0 Å². The third kappa shape index (κ3) is 3.69. The van der Waals surface area contributed by atoms with Crippen LogP contribution in [-0.4, -0.2) is 34.5 Å². The lowest BCUT2D eigenvalue weighted by Crippen LogP contribution is -2.25. The lowest BCUT2D eigenvalue weighted by atomic mass is 10.2. The van der Waals surface area contributed by atoms with Gasteiger partial charge in [0.1, 0.15) is 12.1 Å². The molecule has 2 heterocycles. The number of aryl methyl sites for hydroxylation is 1. The van der Waals surface area contributed by atoms with Gasteiger partial charge in [-0.05, 0) is 42.7 Å². The van der Waals surface area contributed by atoms with Gasteiger partial charge in [0.25, 0.3) is 5.78 Å². The highest BCUT2D eigenvalue weighted by Crippen LogP contribution is 2.10. The van der Waals surface area contributed by atoms with Crippen molar-refractivity contribution in [2.45, 2.75) is 17.7 Å². The van der Waals surface area contributed by atoms with Crippen molar-refractivity contribution in [2.75, 3.05) is 6.54 Å². The van der Waals surface area contributed by atoms with Crippen LogP contribution in [0.25, 0.3) is 5.78 Å². The van der Waals surface area contributed by atoms with Gasteiger partial charge in [0.05, 0.1) is 4.90 Å². The van der Waals surface area contributed by atoms with Gasteiger partial charge >= 0.3 is 0 Å². The van der Waals surface area contributed by atoms with Crippen molar-refractivity contribution in [3.63, 3.8) is 0 Å². The number of benzene rings is 1. The largest absolute Gasteiger partial charge is 0.252 e. The zero-order chi connectivity index (χ0) is 16.3. The van der Waals surface area contributed by atoms with E-state index in [-0.39, 0.29) is 11.4 Å². The summed E-state index contributed by atoms with van der Waals surface area (Å²) in [5.74, 6) is 0.0470. The smallest absolute Gasteiger partial charge is 0.219 e. The molecule has 0 atom stereocenters. The van der Waals surface area contributed by atoms with E-state index in [1.165, 1.54) is 18.5 Å². The van der Waals surface area contributed by atoms with Gasteiger partial charge in [0.2, 0.25) is 10.0 Å². The molecule has 7 nitrogen and oxygen atoms in total. The van der Waals surface area contributed by atoms with Crippen molar-refractivity contribution in [3.8, 4) is 0 Å².